The molecule has 32 heavy (non-hydrogen) atoms. The van der Waals surface area contributed by atoms with Crippen LogP contribution in [0, 0.1) is 6.92 Å². The van der Waals surface area contributed by atoms with E-state index >= 15 is 0 Å². The lowest BCUT2D eigenvalue weighted by molar-refractivity contribution is 0.0947. The van der Waals surface area contributed by atoms with E-state index in [4.69, 9.17) is 9.47 Å². The molecule has 0 aliphatic carbocycles. The van der Waals surface area contributed by atoms with Crippen molar-refractivity contribution in [1.29, 1.82) is 0 Å². The number of hydrogen-bond donors (Lipinski definition) is 1. The van der Waals surface area contributed by atoms with Crippen LogP contribution in [-0.2, 0) is 6.54 Å². The third-order valence-electron chi connectivity index (χ3n) is 4.76. The number of rotatable bonds is 7. The molecular weight excluding hydrogens is 404 g/mol. The van der Waals surface area contributed by atoms with Crippen LogP contribution in [0.3, 0.4) is 0 Å². The molecule has 0 unspecified atom stereocenters. The van der Waals surface area contributed by atoms with Crippen LogP contribution in [0.2, 0.25) is 0 Å². The molecule has 4 aromatic rings. The van der Waals surface area contributed by atoms with Crippen molar-refractivity contribution in [3.63, 3.8) is 0 Å². The van der Waals surface area contributed by atoms with Gasteiger partial charge < -0.3 is 14.8 Å². The smallest absolute Gasteiger partial charge is 0.258 e. The van der Waals surface area contributed by atoms with Crippen LogP contribution in [0.25, 0.3) is 11.4 Å². The van der Waals surface area contributed by atoms with Crippen molar-refractivity contribution in [3.05, 3.63) is 95.9 Å². The van der Waals surface area contributed by atoms with E-state index in [2.05, 4.69) is 20.3 Å². The third kappa shape index (κ3) is 4.89. The van der Waals surface area contributed by atoms with Gasteiger partial charge in [-0.25, -0.2) is 4.98 Å². The second-order valence-electron chi connectivity index (χ2n) is 7.07. The lowest BCUT2D eigenvalue weighted by Gasteiger charge is -2.14. The zero-order valence-electron chi connectivity index (χ0n) is 17.8. The van der Waals surface area contributed by atoms with Crippen molar-refractivity contribution >= 4 is 5.91 Å². The number of nitrogens with zero attached hydrogens (tertiary/aromatic N) is 3. The van der Waals surface area contributed by atoms with E-state index in [0.717, 1.165) is 16.7 Å². The van der Waals surface area contributed by atoms with Gasteiger partial charge in [0.2, 0.25) is 5.88 Å². The summed E-state index contributed by atoms with van der Waals surface area (Å²) in [6.45, 7) is 2.30. The van der Waals surface area contributed by atoms with Crippen molar-refractivity contribution < 1.29 is 14.3 Å². The van der Waals surface area contributed by atoms with E-state index in [1.54, 1.807) is 25.6 Å². The topological polar surface area (TPSA) is 86.2 Å². The van der Waals surface area contributed by atoms with Gasteiger partial charge in [0.05, 0.1) is 7.11 Å². The lowest BCUT2D eigenvalue weighted by atomic mass is 10.2. The number of carbonyl (C=O) groups is 1. The Balaban J connectivity index is 1.68. The Kier molecular flexibility index (Phi) is 6.36. The first-order valence-electron chi connectivity index (χ1n) is 10.1. The molecule has 2 heterocycles. The van der Waals surface area contributed by atoms with Crippen molar-refractivity contribution in [2.45, 2.75) is 13.5 Å². The average Bonchev–Trinajstić information content (AvgIpc) is 2.84. The quantitative estimate of drug-likeness (QED) is 0.466. The Morgan fingerprint density at radius 1 is 1.00 bits per heavy atom. The maximum atomic E-state index is 13.0. The predicted octanol–water partition coefficient (Wildman–Crippen LogP) is 4.58. The van der Waals surface area contributed by atoms with Crippen LogP contribution in [0.1, 0.15) is 21.5 Å². The van der Waals surface area contributed by atoms with Gasteiger partial charge in [0.1, 0.15) is 5.56 Å². The molecule has 0 aliphatic rings. The first-order valence-corrected chi connectivity index (χ1v) is 10.1. The molecular formula is C25H22N4O3. The Bertz CT molecular complexity index is 1210. The number of benzene rings is 2. The maximum Gasteiger partial charge on any atom is 0.258 e. The van der Waals surface area contributed by atoms with E-state index in [1.807, 2.05) is 61.5 Å². The summed E-state index contributed by atoms with van der Waals surface area (Å²) in [5.74, 6) is 1.26. The van der Waals surface area contributed by atoms with Gasteiger partial charge in [0.15, 0.2) is 17.3 Å². The van der Waals surface area contributed by atoms with Crippen LogP contribution in [0.4, 0.5) is 0 Å². The number of hydrogen-bond acceptors (Lipinski definition) is 6. The highest BCUT2D eigenvalue weighted by atomic mass is 16.5. The lowest BCUT2D eigenvalue weighted by Crippen LogP contribution is -2.24. The van der Waals surface area contributed by atoms with Gasteiger partial charge in [0, 0.05) is 30.7 Å². The fraction of sp³-hybridized carbons (Fsp3) is 0.120. The zero-order chi connectivity index (χ0) is 22.3. The van der Waals surface area contributed by atoms with Gasteiger partial charge in [-0.2, -0.15) is 4.98 Å². The summed E-state index contributed by atoms with van der Waals surface area (Å²) < 4.78 is 11.5. The van der Waals surface area contributed by atoms with E-state index in [9.17, 15) is 4.79 Å². The summed E-state index contributed by atoms with van der Waals surface area (Å²) in [6.07, 6.45) is 4.84. The summed E-state index contributed by atoms with van der Waals surface area (Å²) >= 11 is 0. The summed E-state index contributed by atoms with van der Waals surface area (Å²) in [7, 11) is 1.57. The molecule has 0 radical (unpaired) electrons. The summed E-state index contributed by atoms with van der Waals surface area (Å²) in [6, 6.07) is 18.7. The van der Waals surface area contributed by atoms with Crippen LogP contribution >= 0.6 is 0 Å². The zero-order valence-corrected chi connectivity index (χ0v) is 17.8. The summed E-state index contributed by atoms with van der Waals surface area (Å²) in [5.41, 5.74) is 2.99. The highest BCUT2D eigenvalue weighted by Crippen LogP contribution is 2.33. The molecule has 0 spiro atoms. The molecule has 4 rings (SSSR count). The molecule has 0 saturated heterocycles. The molecule has 7 nitrogen and oxygen atoms in total. The van der Waals surface area contributed by atoms with Gasteiger partial charge in [-0.05, 0) is 42.3 Å². The molecule has 0 atom stereocenters. The van der Waals surface area contributed by atoms with E-state index in [-0.39, 0.29) is 17.4 Å². The van der Waals surface area contributed by atoms with Crippen LogP contribution in [0.15, 0.2) is 79.3 Å². The Hall–Kier alpha value is -4.26. The van der Waals surface area contributed by atoms with Crippen LogP contribution in [0.5, 0.6) is 17.4 Å². The van der Waals surface area contributed by atoms with Crippen molar-refractivity contribution in [2.24, 2.45) is 0 Å². The van der Waals surface area contributed by atoms with E-state index in [1.165, 1.54) is 6.20 Å². The SMILES string of the molecule is COc1cc(C)ccc1Oc1nc(-c2ccccc2)ncc1C(=O)NCc1ccncc1. The number of amides is 1. The summed E-state index contributed by atoms with van der Waals surface area (Å²) in [5, 5.41) is 2.88. The van der Waals surface area contributed by atoms with Crippen LogP contribution in [-0.4, -0.2) is 28.0 Å². The predicted molar refractivity (Wildman–Crippen MR) is 121 cm³/mol. The monoisotopic (exact) mass is 426 g/mol. The molecule has 1 N–H and O–H groups in total. The van der Waals surface area contributed by atoms with Gasteiger partial charge >= 0.3 is 0 Å². The average molecular weight is 426 g/mol. The van der Waals surface area contributed by atoms with Gasteiger partial charge in [-0.3, -0.25) is 9.78 Å². The van der Waals surface area contributed by atoms with Gasteiger partial charge in [0.25, 0.3) is 5.91 Å². The molecule has 0 fully saturated rings. The Labute approximate surface area is 186 Å². The van der Waals surface area contributed by atoms with E-state index < -0.39 is 0 Å². The minimum atomic E-state index is -0.345. The molecule has 160 valence electrons. The van der Waals surface area contributed by atoms with Crippen molar-refractivity contribution in [3.8, 4) is 28.8 Å². The minimum absolute atomic E-state index is 0.147. The normalized spacial score (nSPS) is 10.4. The first kappa shape index (κ1) is 21.0. The van der Waals surface area contributed by atoms with Gasteiger partial charge in [-0.15, -0.1) is 0 Å². The Morgan fingerprint density at radius 2 is 1.78 bits per heavy atom. The third-order valence-corrected chi connectivity index (χ3v) is 4.76. The highest BCUT2D eigenvalue weighted by molar-refractivity contribution is 5.96. The number of aryl methyl sites for hydroxylation is 1. The molecule has 1 amide bonds. The maximum absolute atomic E-state index is 13.0. The number of ether oxygens (including phenoxy) is 2. The molecule has 2 aromatic carbocycles. The number of nitrogens with one attached hydrogen (secondary N) is 1. The molecule has 0 bridgehead atoms. The van der Waals surface area contributed by atoms with E-state index in [0.29, 0.717) is 23.9 Å². The number of pyridine rings is 1. The number of methoxy groups -OCH3 is 1. The number of carbonyl (C=O) groups excluding carboxylic acids is 1. The molecule has 7 heteroatoms. The van der Waals surface area contributed by atoms with Crippen molar-refractivity contribution in [2.75, 3.05) is 7.11 Å². The fourth-order valence-corrected chi connectivity index (χ4v) is 3.07. The molecule has 0 saturated carbocycles. The molecule has 0 aliphatic heterocycles. The highest BCUT2D eigenvalue weighted by Gasteiger charge is 2.19. The second-order valence-corrected chi connectivity index (χ2v) is 7.07. The minimum Gasteiger partial charge on any atom is -0.493 e. The Morgan fingerprint density at radius 3 is 2.53 bits per heavy atom. The van der Waals surface area contributed by atoms with Crippen molar-refractivity contribution in [1.82, 2.24) is 20.3 Å². The van der Waals surface area contributed by atoms with Crippen LogP contribution < -0.4 is 14.8 Å². The summed E-state index contributed by atoms with van der Waals surface area (Å²) in [4.78, 5) is 25.9. The fourth-order valence-electron chi connectivity index (χ4n) is 3.07. The largest absolute Gasteiger partial charge is 0.493 e. The standard InChI is InChI=1S/C25H22N4O3/c1-17-8-9-21(22(14-17)31-2)32-25-20(24(30)28-15-18-10-12-26-13-11-18)16-27-23(29-25)19-6-4-3-5-7-19/h3-14,16H,15H2,1-2H3,(H,28,30). The molecule has 2 aromatic heterocycles. The van der Waals surface area contributed by atoms with Gasteiger partial charge in [-0.1, -0.05) is 36.4 Å². The second kappa shape index (κ2) is 9.70. The number of aromatic nitrogens is 3. The first-order chi connectivity index (χ1) is 15.6.